The number of rotatable bonds is 12. The van der Waals surface area contributed by atoms with E-state index in [2.05, 4.69) is 42.0 Å². The standard InChI is InChI=1S/C26H28FN7O7S/c1-15(22(40-5)23-28-12-16(27)13-29-23)42(37,38)33-25-32-31-24(34(25)21-18(35)9-7-10-19(21)39-4)17-8-6-11-20(30-17)41-14-26(2,3)36/h7,9-13,15,22,35-36H,14H2,1-5H3,(H,32,33)/t15-,22-/m0/s1. The van der Waals surface area contributed by atoms with Gasteiger partial charge in [0.2, 0.25) is 21.9 Å². The first-order valence-corrected chi connectivity index (χ1v) is 13.9. The topological polar surface area (TPSA) is 184 Å². The number of sulfonamides is 1. The Bertz CT molecular complexity index is 1640. The Labute approximate surface area is 241 Å². The van der Waals surface area contributed by atoms with Gasteiger partial charge in [0.15, 0.2) is 23.2 Å². The van der Waals surface area contributed by atoms with E-state index < -0.39 is 32.8 Å². The number of hydrogen-bond acceptors (Lipinski definition) is 12. The van der Waals surface area contributed by atoms with Gasteiger partial charge in [-0.1, -0.05) is 12.1 Å². The Morgan fingerprint density at radius 2 is 1.90 bits per heavy atom. The minimum atomic E-state index is -4.33. The lowest BCUT2D eigenvalue weighted by Gasteiger charge is -2.22. The molecule has 222 valence electrons. The molecule has 4 rings (SSSR count). The number of para-hydroxylation sites is 1. The number of aromatic nitrogens is 6. The highest BCUT2D eigenvalue weighted by Gasteiger charge is 2.35. The summed E-state index contributed by atoms with van der Waals surface area (Å²) < 4.78 is 60.4. The third kappa shape index (κ3) is 6.65. The molecule has 0 spiro atoms. The van der Waals surface area contributed by atoms with Crippen LogP contribution in [0.5, 0.6) is 17.4 Å². The second-order valence-corrected chi connectivity index (χ2v) is 11.6. The van der Waals surface area contributed by atoms with Crippen LogP contribution >= 0.6 is 0 Å². The summed E-state index contributed by atoms with van der Waals surface area (Å²) >= 11 is 0. The van der Waals surface area contributed by atoms with Gasteiger partial charge >= 0.3 is 0 Å². The molecule has 3 N–H and O–H groups in total. The Balaban J connectivity index is 1.80. The van der Waals surface area contributed by atoms with E-state index in [0.717, 1.165) is 12.4 Å². The summed E-state index contributed by atoms with van der Waals surface area (Å²) in [6.45, 7) is 4.38. The number of aromatic hydroxyl groups is 1. The summed E-state index contributed by atoms with van der Waals surface area (Å²) in [5, 5.41) is 27.6. The average Bonchev–Trinajstić information content (AvgIpc) is 3.35. The molecule has 0 aliphatic heterocycles. The highest BCUT2D eigenvalue weighted by atomic mass is 32.2. The Hall–Kier alpha value is -4.59. The van der Waals surface area contributed by atoms with Crippen LogP contribution in [0.3, 0.4) is 0 Å². The van der Waals surface area contributed by atoms with E-state index in [0.29, 0.717) is 0 Å². The van der Waals surface area contributed by atoms with Crippen LogP contribution in [-0.2, 0) is 14.8 Å². The van der Waals surface area contributed by atoms with Crippen molar-refractivity contribution in [3.8, 4) is 34.6 Å². The van der Waals surface area contributed by atoms with Crippen molar-refractivity contribution in [3.63, 3.8) is 0 Å². The Morgan fingerprint density at radius 1 is 1.19 bits per heavy atom. The summed E-state index contributed by atoms with van der Waals surface area (Å²) in [5.74, 6) is -1.23. The average molecular weight is 602 g/mol. The maximum Gasteiger partial charge on any atom is 0.243 e. The van der Waals surface area contributed by atoms with Gasteiger partial charge in [0.1, 0.15) is 35.1 Å². The van der Waals surface area contributed by atoms with Gasteiger partial charge in [0.05, 0.1) is 31.2 Å². The summed E-state index contributed by atoms with van der Waals surface area (Å²) in [7, 11) is -1.70. The molecular formula is C26H28FN7O7S. The number of methoxy groups -OCH3 is 2. The SMILES string of the molecule is COc1cccc(O)c1-n1c(NS(=O)(=O)[C@@H](C)[C@H](OC)c2ncc(F)cn2)nnc1-c1c#ccc(OCC(C)(C)O)n1. The van der Waals surface area contributed by atoms with Crippen LogP contribution in [0.2, 0.25) is 0 Å². The fourth-order valence-corrected chi connectivity index (χ4v) is 4.87. The van der Waals surface area contributed by atoms with E-state index in [-0.39, 0.29) is 53.0 Å². The first-order chi connectivity index (χ1) is 19.8. The predicted octanol–water partition coefficient (Wildman–Crippen LogP) is 2.24. The smallest absolute Gasteiger partial charge is 0.243 e. The number of nitrogens with one attached hydrogen (secondary N) is 1. The highest BCUT2D eigenvalue weighted by molar-refractivity contribution is 7.93. The van der Waals surface area contributed by atoms with Gasteiger partial charge in [0.25, 0.3) is 0 Å². The van der Waals surface area contributed by atoms with Crippen molar-refractivity contribution < 1.29 is 37.2 Å². The molecule has 42 heavy (non-hydrogen) atoms. The molecule has 0 aliphatic rings. The highest BCUT2D eigenvalue weighted by Crippen LogP contribution is 2.37. The Morgan fingerprint density at radius 3 is 2.55 bits per heavy atom. The number of benzene rings is 1. The fourth-order valence-electron chi connectivity index (χ4n) is 3.74. The molecule has 0 fully saturated rings. The van der Waals surface area contributed by atoms with Crippen molar-refractivity contribution in [3.05, 3.63) is 60.4 Å². The molecule has 0 saturated carbocycles. The van der Waals surface area contributed by atoms with Gasteiger partial charge in [-0.05, 0) is 39.0 Å². The van der Waals surface area contributed by atoms with E-state index in [9.17, 15) is 23.0 Å². The first kappa shape index (κ1) is 30.4. The number of ether oxygens (including phenoxy) is 3. The molecular weight excluding hydrogens is 573 g/mol. The van der Waals surface area contributed by atoms with Crippen LogP contribution in [0.25, 0.3) is 17.2 Å². The number of phenolic OH excluding ortho intramolecular Hbond substituents is 1. The van der Waals surface area contributed by atoms with Gasteiger partial charge in [-0.2, -0.15) is 0 Å². The first-order valence-electron chi connectivity index (χ1n) is 12.3. The molecule has 0 bridgehead atoms. The van der Waals surface area contributed by atoms with Gasteiger partial charge in [-0.15, -0.1) is 10.2 Å². The van der Waals surface area contributed by atoms with Crippen LogP contribution in [-0.4, -0.2) is 80.0 Å². The molecule has 0 aliphatic carbocycles. The van der Waals surface area contributed by atoms with Crippen LogP contribution in [0.4, 0.5) is 10.3 Å². The lowest BCUT2D eigenvalue weighted by Crippen LogP contribution is -2.33. The summed E-state index contributed by atoms with van der Waals surface area (Å²) in [4.78, 5) is 12.0. The van der Waals surface area contributed by atoms with Crippen molar-refractivity contribution >= 4 is 16.0 Å². The minimum absolute atomic E-state index is 0.00599. The third-order valence-electron chi connectivity index (χ3n) is 5.78. The van der Waals surface area contributed by atoms with Gasteiger partial charge in [0, 0.05) is 7.11 Å². The summed E-state index contributed by atoms with van der Waals surface area (Å²) in [5.41, 5.74) is -1.13. The molecule has 16 heteroatoms. The zero-order chi connectivity index (χ0) is 30.7. The van der Waals surface area contributed by atoms with E-state index in [4.69, 9.17) is 14.2 Å². The zero-order valence-electron chi connectivity index (χ0n) is 23.2. The lowest BCUT2D eigenvalue weighted by molar-refractivity contribution is 0.0269. The van der Waals surface area contributed by atoms with Crippen molar-refractivity contribution in [2.24, 2.45) is 0 Å². The quantitative estimate of drug-likeness (QED) is 0.216. The minimum Gasteiger partial charge on any atom is -0.506 e. The summed E-state index contributed by atoms with van der Waals surface area (Å²) in [6.07, 6.45) is 0.607. The van der Waals surface area contributed by atoms with Gasteiger partial charge in [-0.3, -0.25) is 9.29 Å². The van der Waals surface area contributed by atoms with Crippen LogP contribution in [0.15, 0.2) is 36.7 Å². The van der Waals surface area contributed by atoms with Gasteiger partial charge < -0.3 is 24.4 Å². The van der Waals surface area contributed by atoms with Crippen molar-refractivity contribution in [2.45, 2.75) is 37.7 Å². The number of aliphatic hydroxyl groups is 1. The molecule has 0 unspecified atom stereocenters. The largest absolute Gasteiger partial charge is 0.506 e. The van der Waals surface area contributed by atoms with E-state index in [1.807, 2.05) is 0 Å². The Kier molecular flexibility index (Phi) is 8.75. The molecule has 1 aromatic carbocycles. The van der Waals surface area contributed by atoms with Gasteiger partial charge in [-0.25, -0.2) is 27.8 Å². The summed E-state index contributed by atoms with van der Waals surface area (Å²) in [6, 6.07) is 11.3. The molecule has 3 heterocycles. The van der Waals surface area contributed by atoms with Crippen molar-refractivity contribution in [2.75, 3.05) is 25.5 Å². The van der Waals surface area contributed by atoms with Crippen LogP contribution < -0.4 is 14.2 Å². The maximum atomic E-state index is 13.6. The van der Waals surface area contributed by atoms with Crippen molar-refractivity contribution in [1.29, 1.82) is 0 Å². The van der Waals surface area contributed by atoms with E-state index >= 15 is 0 Å². The van der Waals surface area contributed by atoms with E-state index in [1.54, 1.807) is 19.9 Å². The monoisotopic (exact) mass is 601 g/mol. The molecule has 0 saturated heterocycles. The number of halogens is 1. The molecule has 0 radical (unpaired) electrons. The number of phenols is 1. The second-order valence-electron chi connectivity index (χ2n) is 9.59. The zero-order valence-corrected chi connectivity index (χ0v) is 24.0. The predicted molar refractivity (Wildman–Crippen MR) is 146 cm³/mol. The molecule has 4 aromatic rings. The molecule has 2 atom stereocenters. The molecule has 3 aromatic heterocycles. The fraction of sp³-hybridized carbons (Fsp3) is 0.346. The third-order valence-corrected chi connectivity index (χ3v) is 7.47. The normalized spacial score (nSPS) is 13.2. The second kappa shape index (κ2) is 12.1. The van der Waals surface area contributed by atoms with Crippen molar-refractivity contribution in [1.82, 2.24) is 29.7 Å². The molecule has 0 amide bonds. The molecule has 14 nitrogen and oxygen atoms in total. The number of hydrogen-bond donors (Lipinski definition) is 3. The number of nitrogens with zero attached hydrogens (tertiary/aromatic N) is 6. The van der Waals surface area contributed by atoms with Crippen LogP contribution in [0, 0.1) is 17.9 Å². The van der Waals surface area contributed by atoms with Crippen LogP contribution in [0.1, 0.15) is 32.7 Å². The number of anilines is 1. The lowest BCUT2D eigenvalue weighted by atomic mass is 10.2. The van der Waals surface area contributed by atoms with E-state index in [1.165, 1.54) is 43.9 Å². The maximum absolute atomic E-state index is 13.6.